The standard InChI is InChI=1S/C19H23N3O/c1-14(21(2)3)19(12-22-9-8-20-13-22)17-5-4-16-11-18(23)7-6-15(16)10-17/h4-11,13-14,19,23H,12H2,1-3H3. The van der Waals surface area contributed by atoms with E-state index in [-0.39, 0.29) is 0 Å². The molecule has 1 N–H and O–H groups in total. The quantitative estimate of drug-likeness (QED) is 0.784. The first-order valence-corrected chi connectivity index (χ1v) is 7.89. The van der Waals surface area contributed by atoms with Crippen molar-refractivity contribution in [3.8, 4) is 5.75 Å². The molecule has 3 rings (SSSR count). The molecule has 0 fully saturated rings. The predicted octanol–water partition coefficient (Wildman–Crippen LogP) is 3.48. The minimum absolute atomic E-state index is 0.307. The number of hydrogen-bond donors (Lipinski definition) is 1. The fourth-order valence-electron chi connectivity index (χ4n) is 3.00. The zero-order valence-electron chi connectivity index (χ0n) is 13.8. The molecule has 0 saturated carbocycles. The molecular weight excluding hydrogens is 286 g/mol. The van der Waals surface area contributed by atoms with Crippen LogP contribution in [0.4, 0.5) is 0 Å². The Morgan fingerprint density at radius 3 is 2.57 bits per heavy atom. The Morgan fingerprint density at radius 1 is 1.13 bits per heavy atom. The summed E-state index contributed by atoms with van der Waals surface area (Å²) in [5, 5.41) is 11.8. The Labute approximate surface area is 137 Å². The first-order valence-electron chi connectivity index (χ1n) is 7.89. The summed E-state index contributed by atoms with van der Waals surface area (Å²) in [6.07, 6.45) is 5.70. The molecule has 1 aromatic heterocycles. The van der Waals surface area contributed by atoms with Gasteiger partial charge >= 0.3 is 0 Å². The van der Waals surface area contributed by atoms with Crippen LogP contribution in [0.5, 0.6) is 5.75 Å². The van der Waals surface area contributed by atoms with Crippen LogP contribution in [0.25, 0.3) is 10.8 Å². The van der Waals surface area contributed by atoms with Gasteiger partial charge < -0.3 is 14.6 Å². The van der Waals surface area contributed by atoms with Gasteiger partial charge in [0.05, 0.1) is 6.33 Å². The maximum atomic E-state index is 9.62. The van der Waals surface area contributed by atoms with E-state index in [1.165, 1.54) is 5.56 Å². The molecule has 2 atom stereocenters. The summed E-state index contributed by atoms with van der Waals surface area (Å²) < 4.78 is 2.13. The fourth-order valence-corrected chi connectivity index (χ4v) is 3.00. The molecule has 120 valence electrons. The molecule has 2 unspecified atom stereocenters. The second-order valence-electron chi connectivity index (χ2n) is 6.36. The van der Waals surface area contributed by atoms with Crippen LogP contribution in [0.2, 0.25) is 0 Å². The average Bonchev–Trinajstić information content (AvgIpc) is 3.04. The molecule has 0 spiro atoms. The molecule has 23 heavy (non-hydrogen) atoms. The molecule has 4 heteroatoms. The minimum atomic E-state index is 0.307. The third kappa shape index (κ3) is 3.37. The van der Waals surface area contributed by atoms with Crippen molar-refractivity contribution < 1.29 is 5.11 Å². The van der Waals surface area contributed by atoms with Gasteiger partial charge in [0.25, 0.3) is 0 Å². The van der Waals surface area contributed by atoms with E-state index in [9.17, 15) is 5.11 Å². The van der Waals surface area contributed by atoms with Crippen molar-refractivity contribution in [3.05, 3.63) is 60.7 Å². The van der Waals surface area contributed by atoms with Crippen LogP contribution in [0.1, 0.15) is 18.4 Å². The summed E-state index contributed by atoms with van der Waals surface area (Å²) in [4.78, 5) is 6.41. The van der Waals surface area contributed by atoms with Crippen molar-refractivity contribution in [3.63, 3.8) is 0 Å². The normalized spacial score (nSPS) is 14.3. The smallest absolute Gasteiger partial charge is 0.116 e. The number of aromatic nitrogens is 2. The number of imidazole rings is 1. The molecule has 0 aliphatic carbocycles. The largest absolute Gasteiger partial charge is 0.508 e. The van der Waals surface area contributed by atoms with E-state index in [0.717, 1.165) is 17.3 Å². The monoisotopic (exact) mass is 309 g/mol. The highest BCUT2D eigenvalue weighted by atomic mass is 16.3. The van der Waals surface area contributed by atoms with E-state index in [1.807, 2.05) is 24.8 Å². The number of benzene rings is 2. The number of likely N-dealkylation sites (N-methyl/N-ethyl adjacent to an activating group) is 1. The Balaban J connectivity index is 1.99. The Bertz CT molecular complexity index is 780. The number of hydrogen-bond acceptors (Lipinski definition) is 3. The van der Waals surface area contributed by atoms with Gasteiger partial charge in [-0.2, -0.15) is 0 Å². The number of nitrogens with zero attached hydrogens (tertiary/aromatic N) is 3. The molecule has 0 bridgehead atoms. The van der Waals surface area contributed by atoms with Crippen LogP contribution < -0.4 is 0 Å². The lowest BCUT2D eigenvalue weighted by Crippen LogP contribution is -2.33. The van der Waals surface area contributed by atoms with E-state index in [0.29, 0.717) is 17.7 Å². The fraction of sp³-hybridized carbons (Fsp3) is 0.316. The van der Waals surface area contributed by atoms with Crippen LogP contribution in [-0.4, -0.2) is 39.7 Å². The number of rotatable bonds is 5. The van der Waals surface area contributed by atoms with Crippen molar-refractivity contribution >= 4 is 10.8 Å². The van der Waals surface area contributed by atoms with Gasteiger partial charge in [-0.05, 0) is 49.5 Å². The maximum absolute atomic E-state index is 9.62. The lowest BCUT2D eigenvalue weighted by atomic mass is 9.90. The highest BCUT2D eigenvalue weighted by Gasteiger charge is 2.22. The molecule has 2 aromatic carbocycles. The SMILES string of the molecule is CC(C(Cn1ccnc1)c1ccc2cc(O)ccc2c1)N(C)C. The summed E-state index contributed by atoms with van der Waals surface area (Å²) in [6.45, 7) is 3.14. The molecular formula is C19H23N3O. The molecule has 0 amide bonds. The topological polar surface area (TPSA) is 41.3 Å². The number of phenols is 1. The van der Waals surface area contributed by atoms with Gasteiger partial charge in [-0.3, -0.25) is 0 Å². The van der Waals surface area contributed by atoms with E-state index in [2.05, 4.69) is 53.7 Å². The van der Waals surface area contributed by atoms with Gasteiger partial charge in [0.15, 0.2) is 0 Å². The maximum Gasteiger partial charge on any atom is 0.116 e. The van der Waals surface area contributed by atoms with Gasteiger partial charge in [-0.25, -0.2) is 4.98 Å². The van der Waals surface area contributed by atoms with E-state index >= 15 is 0 Å². The van der Waals surface area contributed by atoms with E-state index in [1.54, 1.807) is 12.1 Å². The van der Waals surface area contributed by atoms with Crippen LogP contribution in [-0.2, 0) is 6.54 Å². The summed E-state index contributed by atoms with van der Waals surface area (Å²) in [7, 11) is 4.23. The summed E-state index contributed by atoms with van der Waals surface area (Å²) in [6, 6.07) is 12.4. The van der Waals surface area contributed by atoms with Gasteiger partial charge in [-0.1, -0.05) is 24.3 Å². The van der Waals surface area contributed by atoms with Crippen LogP contribution >= 0.6 is 0 Å². The molecule has 1 heterocycles. The molecule has 0 aliphatic heterocycles. The van der Waals surface area contributed by atoms with Gasteiger partial charge in [-0.15, -0.1) is 0 Å². The molecule has 4 nitrogen and oxygen atoms in total. The van der Waals surface area contributed by atoms with E-state index < -0.39 is 0 Å². The lowest BCUT2D eigenvalue weighted by Gasteiger charge is -2.30. The van der Waals surface area contributed by atoms with Crippen LogP contribution in [0.3, 0.4) is 0 Å². The second-order valence-corrected chi connectivity index (χ2v) is 6.36. The molecule has 0 radical (unpaired) electrons. The van der Waals surface area contributed by atoms with Crippen molar-refractivity contribution in [2.45, 2.75) is 25.4 Å². The second kappa shape index (κ2) is 6.42. The van der Waals surface area contributed by atoms with Crippen LogP contribution in [0, 0.1) is 0 Å². The van der Waals surface area contributed by atoms with Crippen LogP contribution in [0.15, 0.2) is 55.1 Å². The molecule has 3 aromatic rings. The zero-order valence-corrected chi connectivity index (χ0v) is 13.8. The third-order valence-corrected chi connectivity index (χ3v) is 4.64. The van der Waals surface area contributed by atoms with Crippen molar-refractivity contribution in [1.29, 1.82) is 0 Å². The average molecular weight is 309 g/mol. The van der Waals surface area contributed by atoms with E-state index in [4.69, 9.17) is 0 Å². The summed E-state index contributed by atoms with van der Waals surface area (Å²) in [5.41, 5.74) is 1.30. The Morgan fingerprint density at radius 2 is 1.87 bits per heavy atom. The molecule has 0 saturated heterocycles. The van der Waals surface area contributed by atoms with Gasteiger partial charge in [0.2, 0.25) is 0 Å². The minimum Gasteiger partial charge on any atom is -0.508 e. The first-order chi connectivity index (χ1) is 11.0. The first kappa shape index (κ1) is 15.6. The van der Waals surface area contributed by atoms with Crippen molar-refractivity contribution in [2.24, 2.45) is 0 Å². The zero-order chi connectivity index (χ0) is 16.4. The number of fused-ring (bicyclic) bond motifs is 1. The summed E-state index contributed by atoms with van der Waals surface area (Å²) in [5.74, 6) is 0.666. The number of aromatic hydroxyl groups is 1. The number of phenolic OH excluding ortho intramolecular Hbond substituents is 1. The van der Waals surface area contributed by atoms with Crippen molar-refractivity contribution in [1.82, 2.24) is 14.5 Å². The highest BCUT2D eigenvalue weighted by molar-refractivity contribution is 5.84. The summed E-state index contributed by atoms with van der Waals surface area (Å²) >= 11 is 0. The van der Waals surface area contributed by atoms with Crippen molar-refractivity contribution in [2.75, 3.05) is 14.1 Å². The lowest BCUT2D eigenvalue weighted by molar-refractivity contribution is 0.256. The third-order valence-electron chi connectivity index (χ3n) is 4.64. The van der Waals surface area contributed by atoms with Gasteiger partial charge in [0.1, 0.15) is 5.75 Å². The highest BCUT2D eigenvalue weighted by Crippen LogP contribution is 2.29. The van der Waals surface area contributed by atoms with Gasteiger partial charge in [0, 0.05) is 30.9 Å². The predicted molar refractivity (Wildman–Crippen MR) is 93.7 cm³/mol. The Kier molecular flexibility index (Phi) is 4.35. The Hall–Kier alpha value is -2.33. The molecule has 0 aliphatic rings.